The molecule has 1 saturated carbocycles. The lowest BCUT2D eigenvalue weighted by Gasteiger charge is -2.42. The number of ether oxygens (including phenoxy) is 1. The van der Waals surface area contributed by atoms with Gasteiger partial charge in [-0.2, -0.15) is 0 Å². The molecule has 0 aromatic carbocycles. The van der Waals surface area contributed by atoms with Crippen molar-refractivity contribution in [3.05, 3.63) is 0 Å². The maximum Gasteiger partial charge on any atom is 0.240 e. The summed E-state index contributed by atoms with van der Waals surface area (Å²) in [5, 5.41) is 3.27. The van der Waals surface area contributed by atoms with Crippen molar-refractivity contribution in [2.45, 2.75) is 70.9 Å². The van der Waals surface area contributed by atoms with Crippen molar-refractivity contribution >= 4 is 5.91 Å². The second-order valence-corrected chi connectivity index (χ2v) is 7.61. The monoisotopic (exact) mass is 282 g/mol. The van der Waals surface area contributed by atoms with E-state index in [1.807, 2.05) is 0 Å². The second kappa shape index (κ2) is 6.02. The molecule has 2 fully saturated rings. The van der Waals surface area contributed by atoms with Crippen molar-refractivity contribution in [3.8, 4) is 0 Å². The van der Waals surface area contributed by atoms with Gasteiger partial charge < -0.3 is 15.8 Å². The molecule has 1 heterocycles. The Labute approximate surface area is 122 Å². The summed E-state index contributed by atoms with van der Waals surface area (Å²) in [6, 6.07) is 0.277. The lowest BCUT2D eigenvalue weighted by Crippen LogP contribution is -2.60. The zero-order valence-electron chi connectivity index (χ0n) is 13.2. The van der Waals surface area contributed by atoms with E-state index in [-0.39, 0.29) is 17.4 Å². The maximum atomic E-state index is 12.6. The molecule has 0 radical (unpaired) electrons. The molecule has 3 N–H and O–H groups in total. The van der Waals surface area contributed by atoms with Crippen LogP contribution in [-0.2, 0) is 9.53 Å². The molecule has 4 nitrogen and oxygen atoms in total. The molecule has 2 rings (SSSR count). The fraction of sp³-hybridized carbons (Fsp3) is 0.938. The van der Waals surface area contributed by atoms with Crippen molar-refractivity contribution in [2.75, 3.05) is 13.2 Å². The second-order valence-electron chi connectivity index (χ2n) is 7.61. The molecular formula is C16H30N2O2. The Morgan fingerprint density at radius 3 is 2.40 bits per heavy atom. The maximum absolute atomic E-state index is 12.6. The largest absolute Gasteiger partial charge is 0.381 e. The van der Waals surface area contributed by atoms with Crippen LogP contribution in [0.2, 0.25) is 0 Å². The summed E-state index contributed by atoms with van der Waals surface area (Å²) >= 11 is 0. The number of amides is 1. The fourth-order valence-electron chi connectivity index (χ4n) is 3.62. The summed E-state index contributed by atoms with van der Waals surface area (Å²) in [6.07, 6.45) is 6.03. The SMILES string of the molecule is CC(C)(C)C1CCCCC1NC(=O)C1(N)CCOCC1. The molecule has 116 valence electrons. The number of nitrogens with one attached hydrogen (secondary N) is 1. The number of rotatable bonds is 2. The van der Waals surface area contributed by atoms with Crippen LogP contribution < -0.4 is 11.1 Å². The first-order valence-corrected chi connectivity index (χ1v) is 8.00. The normalized spacial score (nSPS) is 30.8. The Hall–Kier alpha value is -0.610. The molecule has 2 unspecified atom stereocenters. The van der Waals surface area contributed by atoms with Crippen LogP contribution in [-0.4, -0.2) is 30.7 Å². The molecular weight excluding hydrogens is 252 g/mol. The molecule has 4 heteroatoms. The van der Waals surface area contributed by atoms with E-state index >= 15 is 0 Å². The van der Waals surface area contributed by atoms with Gasteiger partial charge in [-0.25, -0.2) is 0 Å². The summed E-state index contributed by atoms with van der Waals surface area (Å²) in [4.78, 5) is 12.6. The van der Waals surface area contributed by atoms with Crippen molar-refractivity contribution in [3.63, 3.8) is 0 Å². The first kappa shape index (κ1) is 15.8. The number of nitrogens with two attached hydrogens (primary N) is 1. The first-order chi connectivity index (χ1) is 9.33. The van der Waals surface area contributed by atoms with E-state index < -0.39 is 5.54 Å². The van der Waals surface area contributed by atoms with Gasteiger partial charge in [-0.3, -0.25) is 4.79 Å². The van der Waals surface area contributed by atoms with Gasteiger partial charge in [0.1, 0.15) is 0 Å². The quantitative estimate of drug-likeness (QED) is 0.816. The molecule has 1 aliphatic heterocycles. The smallest absolute Gasteiger partial charge is 0.240 e. The molecule has 0 aromatic heterocycles. The van der Waals surface area contributed by atoms with Crippen LogP contribution in [0.4, 0.5) is 0 Å². The Balaban J connectivity index is 2.01. The third-order valence-electron chi connectivity index (χ3n) is 5.03. The third-order valence-corrected chi connectivity index (χ3v) is 5.03. The van der Waals surface area contributed by atoms with Crippen molar-refractivity contribution < 1.29 is 9.53 Å². The Morgan fingerprint density at radius 2 is 1.80 bits per heavy atom. The van der Waals surface area contributed by atoms with Gasteiger partial charge >= 0.3 is 0 Å². The predicted octanol–water partition coefficient (Wildman–Crippen LogP) is 2.22. The average Bonchev–Trinajstić information content (AvgIpc) is 2.39. The summed E-state index contributed by atoms with van der Waals surface area (Å²) in [5.41, 5.74) is 5.79. The van der Waals surface area contributed by atoms with E-state index in [9.17, 15) is 4.79 Å². The molecule has 1 amide bonds. The highest BCUT2D eigenvalue weighted by molar-refractivity contribution is 5.86. The molecule has 1 saturated heterocycles. The number of carbonyl (C=O) groups is 1. The molecule has 0 spiro atoms. The zero-order valence-corrected chi connectivity index (χ0v) is 13.2. The van der Waals surface area contributed by atoms with Gasteiger partial charge in [0.15, 0.2) is 0 Å². The molecule has 0 aromatic rings. The van der Waals surface area contributed by atoms with Crippen LogP contribution >= 0.6 is 0 Å². The van der Waals surface area contributed by atoms with Gasteiger partial charge in [0.2, 0.25) is 5.91 Å². The minimum absolute atomic E-state index is 0.0296. The highest BCUT2D eigenvalue weighted by Gasteiger charge is 2.40. The van der Waals surface area contributed by atoms with Crippen molar-refractivity contribution in [2.24, 2.45) is 17.1 Å². The Kier molecular flexibility index (Phi) is 4.75. The van der Waals surface area contributed by atoms with Crippen LogP contribution in [0.3, 0.4) is 0 Å². The zero-order chi connectivity index (χ0) is 14.8. The summed E-state index contributed by atoms with van der Waals surface area (Å²) < 4.78 is 5.32. The highest BCUT2D eigenvalue weighted by atomic mass is 16.5. The van der Waals surface area contributed by atoms with Gasteiger partial charge in [-0.15, -0.1) is 0 Å². The number of hydrogen-bond donors (Lipinski definition) is 2. The fourth-order valence-corrected chi connectivity index (χ4v) is 3.62. The standard InChI is InChI=1S/C16H30N2O2/c1-15(2,3)12-6-4-5-7-13(12)18-14(19)16(17)8-10-20-11-9-16/h12-13H,4-11,17H2,1-3H3,(H,18,19). The van der Waals surface area contributed by atoms with Gasteiger partial charge in [-0.1, -0.05) is 33.6 Å². The van der Waals surface area contributed by atoms with Gasteiger partial charge in [0.25, 0.3) is 0 Å². The summed E-state index contributed by atoms with van der Waals surface area (Å²) in [7, 11) is 0. The first-order valence-electron chi connectivity index (χ1n) is 8.00. The van der Waals surface area contributed by atoms with Crippen LogP contribution in [0, 0.1) is 11.3 Å². The minimum atomic E-state index is -0.724. The topological polar surface area (TPSA) is 64.4 Å². The van der Waals surface area contributed by atoms with Gasteiger partial charge in [0.05, 0.1) is 5.54 Å². The highest BCUT2D eigenvalue weighted by Crippen LogP contribution is 2.38. The van der Waals surface area contributed by atoms with Crippen LogP contribution in [0.25, 0.3) is 0 Å². The lowest BCUT2D eigenvalue weighted by atomic mass is 9.69. The molecule has 2 aliphatic rings. The predicted molar refractivity (Wildman–Crippen MR) is 80.3 cm³/mol. The van der Waals surface area contributed by atoms with Crippen molar-refractivity contribution in [1.82, 2.24) is 5.32 Å². The van der Waals surface area contributed by atoms with E-state index in [0.717, 1.165) is 6.42 Å². The molecule has 1 aliphatic carbocycles. The van der Waals surface area contributed by atoms with Gasteiger partial charge in [-0.05, 0) is 37.0 Å². The lowest BCUT2D eigenvalue weighted by molar-refractivity contribution is -0.131. The van der Waals surface area contributed by atoms with Crippen LogP contribution in [0.15, 0.2) is 0 Å². The van der Waals surface area contributed by atoms with Crippen LogP contribution in [0.1, 0.15) is 59.3 Å². The van der Waals surface area contributed by atoms with Gasteiger partial charge in [0, 0.05) is 19.3 Å². The van der Waals surface area contributed by atoms with E-state index in [2.05, 4.69) is 26.1 Å². The number of carbonyl (C=O) groups excluding carboxylic acids is 1. The molecule has 2 atom stereocenters. The van der Waals surface area contributed by atoms with E-state index in [4.69, 9.17) is 10.5 Å². The third kappa shape index (κ3) is 3.53. The minimum Gasteiger partial charge on any atom is -0.381 e. The molecule has 20 heavy (non-hydrogen) atoms. The van der Waals surface area contributed by atoms with E-state index in [0.29, 0.717) is 32.0 Å². The van der Waals surface area contributed by atoms with Crippen molar-refractivity contribution in [1.29, 1.82) is 0 Å². The van der Waals surface area contributed by atoms with Crippen LogP contribution in [0.5, 0.6) is 0 Å². The Morgan fingerprint density at radius 1 is 1.20 bits per heavy atom. The summed E-state index contributed by atoms with van der Waals surface area (Å²) in [5.74, 6) is 0.575. The number of hydrogen-bond acceptors (Lipinski definition) is 3. The van der Waals surface area contributed by atoms with E-state index in [1.54, 1.807) is 0 Å². The Bertz CT molecular complexity index is 343. The van der Waals surface area contributed by atoms with E-state index in [1.165, 1.54) is 19.3 Å². The molecule has 0 bridgehead atoms. The average molecular weight is 282 g/mol. The summed E-state index contributed by atoms with van der Waals surface area (Å²) in [6.45, 7) is 8.01.